The van der Waals surface area contributed by atoms with E-state index in [9.17, 15) is 45.3 Å². The molecule has 3 atom stereocenters. The maximum atomic E-state index is 14.7. The van der Waals surface area contributed by atoms with Crippen molar-refractivity contribution in [2.75, 3.05) is 0 Å². The molecular weight excluding hydrogens is 624 g/mol. The molecule has 0 spiro atoms. The largest absolute Gasteiger partial charge is 0.508 e. The summed E-state index contributed by atoms with van der Waals surface area (Å²) in [6, 6.07) is 15.5. The van der Waals surface area contributed by atoms with E-state index < -0.39 is 35.1 Å². The number of allylic oxidation sites excluding steroid dienone is 5. The van der Waals surface area contributed by atoms with Crippen molar-refractivity contribution in [3.05, 3.63) is 129 Å². The number of carbonyl (C=O) groups excluding carboxylic acids is 2. The topological polar surface area (TPSA) is 176 Å². The Balaban J connectivity index is 1.65. The van der Waals surface area contributed by atoms with Gasteiger partial charge in [-0.2, -0.15) is 0 Å². The van der Waals surface area contributed by atoms with Gasteiger partial charge in [-0.25, -0.2) is 0 Å². The first kappa shape index (κ1) is 34.4. The van der Waals surface area contributed by atoms with Crippen molar-refractivity contribution in [1.29, 1.82) is 0 Å². The fourth-order valence-electron chi connectivity index (χ4n) is 6.42. The Morgan fingerprint density at radius 1 is 0.755 bits per heavy atom. The second-order valence-electron chi connectivity index (χ2n) is 12.6. The van der Waals surface area contributed by atoms with Crippen LogP contribution in [-0.2, 0) is 6.42 Å². The van der Waals surface area contributed by atoms with Crippen LogP contribution in [-0.4, -0.2) is 47.3 Å². The second kappa shape index (κ2) is 14.0. The summed E-state index contributed by atoms with van der Waals surface area (Å²) in [5, 5.41) is 74.5. The number of phenols is 7. The second-order valence-corrected chi connectivity index (χ2v) is 12.6. The maximum Gasteiger partial charge on any atom is 0.189 e. The van der Waals surface area contributed by atoms with Crippen LogP contribution in [0, 0.1) is 5.92 Å². The molecule has 0 saturated carbocycles. The van der Waals surface area contributed by atoms with Crippen LogP contribution in [0.2, 0.25) is 0 Å². The fourth-order valence-corrected chi connectivity index (χ4v) is 6.42. The molecule has 1 aliphatic rings. The van der Waals surface area contributed by atoms with Gasteiger partial charge in [0.15, 0.2) is 11.6 Å². The van der Waals surface area contributed by atoms with Crippen LogP contribution in [0.4, 0.5) is 0 Å². The third-order valence-corrected chi connectivity index (χ3v) is 8.91. The first-order valence-electron chi connectivity index (χ1n) is 15.7. The zero-order valence-corrected chi connectivity index (χ0v) is 27.3. The molecule has 0 heterocycles. The number of carbonyl (C=O) groups is 2. The van der Waals surface area contributed by atoms with Gasteiger partial charge in [0, 0.05) is 34.6 Å². The van der Waals surface area contributed by atoms with E-state index in [1.807, 2.05) is 26.8 Å². The molecule has 252 valence electrons. The quantitative estimate of drug-likeness (QED) is 0.0537. The van der Waals surface area contributed by atoms with Crippen molar-refractivity contribution in [3.63, 3.8) is 0 Å². The average molecular weight is 663 g/mol. The Hall–Kier alpha value is -5.96. The van der Waals surface area contributed by atoms with Crippen molar-refractivity contribution < 1.29 is 45.3 Å². The SMILES string of the molecule is CC(C)=CCc1c(O)ccc(C(=O)[C@H]2[C@@H](c3c(O)ccc(C(=O)C=Cc4ccc(O)cc4O)c3O)C=C(C)C[C@@H]2c2ccc(O)cc2)c1O. The van der Waals surface area contributed by atoms with Crippen LogP contribution >= 0.6 is 0 Å². The Kier molecular flexibility index (Phi) is 9.84. The molecule has 4 aromatic rings. The summed E-state index contributed by atoms with van der Waals surface area (Å²) in [7, 11) is 0. The van der Waals surface area contributed by atoms with Gasteiger partial charge in [-0.05, 0) is 106 Å². The number of aromatic hydroxyl groups is 7. The van der Waals surface area contributed by atoms with Crippen LogP contribution in [0.5, 0.6) is 40.2 Å². The van der Waals surface area contributed by atoms with Crippen LogP contribution < -0.4 is 0 Å². The van der Waals surface area contributed by atoms with Crippen molar-refractivity contribution in [1.82, 2.24) is 0 Å². The zero-order chi connectivity index (χ0) is 35.6. The van der Waals surface area contributed by atoms with Gasteiger partial charge in [0.25, 0.3) is 0 Å². The Morgan fingerprint density at radius 2 is 1.41 bits per heavy atom. The standard InChI is InChI=1S/C40H38O9/c1-21(2)4-12-27-33(44)16-14-29(38(27)47)40(49)36-30(23-5-9-25(41)10-6-23)18-22(3)19-31(36)37-34(45)17-13-28(39(37)48)32(43)15-8-24-7-11-26(42)20-35(24)46/h4-11,13-17,19-20,30-31,36,41-42,44-48H,12,18H2,1-3H3/t30-,31+,36-/m1/s1. The number of benzene rings is 4. The minimum Gasteiger partial charge on any atom is -0.508 e. The predicted octanol–water partition coefficient (Wildman–Crippen LogP) is 7.75. The number of ketones is 2. The fraction of sp³-hybridized carbons (Fsp3) is 0.200. The lowest BCUT2D eigenvalue weighted by Crippen LogP contribution is -2.31. The van der Waals surface area contributed by atoms with E-state index >= 15 is 0 Å². The molecule has 7 N–H and O–H groups in total. The van der Waals surface area contributed by atoms with E-state index in [4.69, 9.17) is 0 Å². The third kappa shape index (κ3) is 7.16. The average Bonchev–Trinajstić information content (AvgIpc) is 3.04. The number of Topliss-reactive ketones (excluding diaryl/α,β-unsaturated/α-hetero) is 1. The van der Waals surface area contributed by atoms with Gasteiger partial charge in [0.2, 0.25) is 0 Å². The number of hydrogen-bond acceptors (Lipinski definition) is 9. The molecule has 0 aliphatic heterocycles. The van der Waals surface area contributed by atoms with E-state index in [0.717, 1.165) is 23.3 Å². The van der Waals surface area contributed by atoms with Crippen LogP contribution in [0.1, 0.15) is 82.0 Å². The summed E-state index contributed by atoms with van der Waals surface area (Å²) in [4.78, 5) is 28.1. The third-order valence-electron chi connectivity index (χ3n) is 8.91. The summed E-state index contributed by atoms with van der Waals surface area (Å²) in [5.41, 5.74) is 2.63. The molecular formula is C40H38O9. The molecule has 1 aliphatic carbocycles. The predicted molar refractivity (Wildman–Crippen MR) is 186 cm³/mol. The van der Waals surface area contributed by atoms with Gasteiger partial charge < -0.3 is 35.7 Å². The summed E-state index contributed by atoms with van der Waals surface area (Å²) in [6.45, 7) is 5.60. The number of phenolic OH excluding ortho intramolecular Hbond substituents is 7. The lowest BCUT2D eigenvalue weighted by Gasteiger charge is -2.37. The molecule has 4 aromatic carbocycles. The Labute approximate surface area is 283 Å². The molecule has 9 nitrogen and oxygen atoms in total. The highest BCUT2D eigenvalue weighted by Gasteiger charge is 2.43. The normalized spacial score (nSPS) is 17.4. The van der Waals surface area contributed by atoms with Crippen LogP contribution in [0.3, 0.4) is 0 Å². The molecule has 49 heavy (non-hydrogen) atoms. The Bertz CT molecular complexity index is 2010. The lowest BCUT2D eigenvalue weighted by molar-refractivity contribution is 0.0877. The summed E-state index contributed by atoms with van der Waals surface area (Å²) in [6.07, 6.45) is 6.61. The highest BCUT2D eigenvalue weighted by Crippen LogP contribution is 2.52. The molecule has 5 rings (SSSR count). The van der Waals surface area contributed by atoms with Gasteiger partial charge >= 0.3 is 0 Å². The zero-order valence-electron chi connectivity index (χ0n) is 27.3. The summed E-state index contributed by atoms with van der Waals surface area (Å²) < 4.78 is 0. The molecule has 0 unspecified atom stereocenters. The van der Waals surface area contributed by atoms with Crippen molar-refractivity contribution in [3.8, 4) is 40.2 Å². The summed E-state index contributed by atoms with van der Waals surface area (Å²) in [5.74, 6) is -5.55. The van der Waals surface area contributed by atoms with Gasteiger partial charge in [0.05, 0.1) is 11.1 Å². The molecule has 0 fully saturated rings. The van der Waals surface area contributed by atoms with Gasteiger partial charge in [-0.1, -0.05) is 35.4 Å². The highest BCUT2D eigenvalue weighted by atomic mass is 16.3. The van der Waals surface area contributed by atoms with Crippen LogP contribution in [0.15, 0.2) is 96.1 Å². The minimum atomic E-state index is -1.02. The highest BCUT2D eigenvalue weighted by molar-refractivity contribution is 6.09. The minimum absolute atomic E-state index is 0.0292. The van der Waals surface area contributed by atoms with Crippen molar-refractivity contribution >= 4 is 17.6 Å². The van der Waals surface area contributed by atoms with Gasteiger partial charge in [-0.3, -0.25) is 9.59 Å². The van der Waals surface area contributed by atoms with Crippen molar-refractivity contribution in [2.45, 2.75) is 45.4 Å². The van der Waals surface area contributed by atoms with E-state index in [-0.39, 0.29) is 68.7 Å². The molecule has 0 saturated heterocycles. The molecule has 9 heteroatoms. The number of hydrogen-bond donors (Lipinski definition) is 7. The van der Waals surface area contributed by atoms with E-state index in [2.05, 4.69) is 0 Å². The monoisotopic (exact) mass is 662 g/mol. The number of rotatable bonds is 9. The van der Waals surface area contributed by atoms with E-state index in [1.54, 1.807) is 18.2 Å². The first-order chi connectivity index (χ1) is 23.3. The molecule has 0 radical (unpaired) electrons. The van der Waals surface area contributed by atoms with Gasteiger partial charge in [-0.15, -0.1) is 0 Å². The molecule has 0 amide bonds. The smallest absolute Gasteiger partial charge is 0.189 e. The van der Waals surface area contributed by atoms with E-state index in [1.165, 1.54) is 54.6 Å². The Morgan fingerprint density at radius 3 is 2.08 bits per heavy atom. The summed E-state index contributed by atoms with van der Waals surface area (Å²) >= 11 is 0. The first-order valence-corrected chi connectivity index (χ1v) is 15.7. The van der Waals surface area contributed by atoms with Crippen LogP contribution in [0.25, 0.3) is 6.08 Å². The maximum absolute atomic E-state index is 14.7. The molecule has 0 aromatic heterocycles. The van der Waals surface area contributed by atoms with Gasteiger partial charge in [0.1, 0.15) is 40.2 Å². The van der Waals surface area contributed by atoms with E-state index in [0.29, 0.717) is 12.0 Å². The molecule has 0 bridgehead atoms. The lowest BCUT2D eigenvalue weighted by atomic mass is 9.65. The van der Waals surface area contributed by atoms with Crippen molar-refractivity contribution in [2.24, 2.45) is 5.92 Å².